The maximum Gasteiger partial charge on any atom is 0.363 e. The van der Waals surface area contributed by atoms with Gasteiger partial charge in [0.15, 0.2) is 17.2 Å². The molecule has 1 heterocycles. The second-order valence-electron chi connectivity index (χ2n) is 5.54. The normalized spacial score (nSPS) is 14.6. The molecule has 138 valence electrons. The number of cyclic esters (lactones) is 1. The lowest BCUT2D eigenvalue weighted by atomic mass is 10.1. The highest BCUT2D eigenvalue weighted by Crippen LogP contribution is 2.30. The van der Waals surface area contributed by atoms with Crippen LogP contribution in [0.5, 0.6) is 17.2 Å². The zero-order chi connectivity index (χ0) is 19.4. The standard InChI is InChI=1S/C20H17NO6/c1-12(22)26-17-9-8-13(11-18(17)25-3)10-15-20(23)27-19(21-15)14-6-4-5-7-16(14)24-2/h4-11H,1-3H3/b15-10-. The van der Waals surface area contributed by atoms with Gasteiger partial charge in [-0.1, -0.05) is 18.2 Å². The van der Waals surface area contributed by atoms with Gasteiger partial charge < -0.3 is 18.9 Å². The molecule has 0 radical (unpaired) electrons. The Morgan fingerprint density at radius 1 is 1.04 bits per heavy atom. The molecule has 0 saturated carbocycles. The van der Waals surface area contributed by atoms with Crippen LogP contribution in [0.15, 0.2) is 53.2 Å². The number of hydrogen-bond acceptors (Lipinski definition) is 7. The maximum atomic E-state index is 12.2. The van der Waals surface area contributed by atoms with Gasteiger partial charge in [0.25, 0.3) is 0 Å². The molecule has 0 saturated heterocycles. The Morgan fingerprint density at radius 2 is 1.78 bits per heavy atom. The van der Waals surface area contributed by atoms with Crippen LogP contribution >= 0.6 is 0 Å². The van der Waals surface area contributed by atoms with Crippen molar-refractivity contribution in [2.75, 3.05) is 14.2 Å². The van der Waals surface area contributed by atoms with Gasteiger partial charge >= 0.3 is 11.9 Å². The fraction of sp³-hybridized carbons (Fsp3) is 0.150. The molecule has 0 fully saturated rings. The van der Waals surface area contributed by atoms with Crippen LogP contribution < -0.4 is 14.2 Å². The smallest absolute Gasteiger partial charge is 0.363 e. The monoisotopic (exact) mass is 367 g/mol. The molecule has 0 spiro atoms. The molecule has 1 aliphatic rings. The van der Waals surface area contributed by atoms with E-state index in [1.807, 2.05) is 6.07 Å². The molecule has 0 atom stereocenters. The van der Waals surface area contributed by atoms with Crippen molar-refractivity contribution in [1.29, 1.82) is 0 Å². The van der Waals surface area contributed by atoms with Gasteiger partial charge in [0, 0.05) is 6.92 Å². The summed E-state index contributed by atoms with van der Waals surface area (Å²) in [5, 5.41) is 0. The summed E-state index contributed by atoms with van der Waals surface area (Å²) in [7, 11) is 2.99. The number of methoxy groups -OCH3 is 2. The average Bonchev–Trinajstić information content (AvgIpc) is 3.02. The number of esters is 2. The van der Waals surface area contributed by atoms with Crippen molar-refractivity contribution < 1.29 is 28.5 Å². The first-order valence-corrected chi connectivity index (χ1v) is 8.04. The number of carbonyl (C=O) groups is 2. The molecule has 1 aliphatic heterocycles. The number of para-hydroxylation sites is 1. The Bertz CT molecular complexity index is 961. The quantitative estimate of drug-likeness (QED) is 0.459. The molecule has 3 rings (SSSR count). The van der Waals surface area contributed by atoms with E-state index in [2.05, 4.69) is 4.99 Å². The predicted molar refractivity (Wildman–Crippen MR) is 97.9 cm³/mol. The van der Waals surface area contributed by atoms with Gasteiger partial charge in [0.1, 0.15) is 5.75 Å². The zero-order valence-electron chi connectivity index (χ0n) is 15.0. The van der Waals surface area contributed by atoms with Gasteiger partial charge in [-0.25, -0.2) is 9.79 Å². The summed E-state index contributed by atoms with van der Waals surface area (Å²) in [4.78, 5) is 27.6. The van der Waals surface area contributed by atoms with Crippen LogP contribution in [0.1, 0.15) is 18.1 Å². The first kappa shape index (κ1) is 18.2. The van der Waals surface area contributed by atoms with E-state index in [-0.39, 0.29) is 11.6 Å². The molecule has 0 unspecified atom stereocenters. The summed E-state index contributed by atoms with van der Waals surface area (Å²) in [5.41, 5.74) is 1.36. The lowest BCUT2D eigenvalue weighted by Crippen LogP contribution is -2.06. The molecular formula is C20H17NO6. The Labute approximate surface area is 155 Å². The van der Waals surface area contributed by atoms with Crippen LogP contribution in [0, 0.1) is 0 Å². The van der Waals surface area contributed by atoms with Crippen LogP contribution in [0.25, 0.3) is 6.08 Å². The third-order valence-electron chi connectivity index (χ3n) is 3.70. The topological polar surface area (TPSA) is 83.4 Å². The first-order valence-electron chi connectivity index (χ1n) is 8.04. The van der Waals surface area contributed by atoms with Crippen molar-refractivity contribution in [3.8, 4) is 17.2 Å². The van der Waals surface area contributed by atoms with E-state index in [9.17, 15) is 9.59 Å². The summed E-state index contributed by atoms with van der Waals surface area (Å²) in [5.74, 6) is 0.355. The average molecular weight is 367 g/mol. The Hall–Kier alpha value is -3.61. The van der Waals surface area contributed by atoms with Crippen LogP contribution in [-0.4, -0.2) is 32.1 Å². The number of hydrogen-bond donors (Lipinski definition) is 0. The number of aliphatic imine (C=N–C) groups is 1. The summed E-state index contributed by atoms with van der Waals surface area (Å²) in [6, 6.07) is 12.0. The fourth-order valence-electron chi connectivity index (χ4n) is 2.52. The Balaban J connectivity index is 1.94. The molecule has 0 amide bonds. The van der Waals surface area contributed by atoms with Crippen molar-refractivity contribution in [3.63, 3.8) is 0 Å². The van der Waals surface area contributed by atoms with E-state index in [4.69, 9.17) is 18.9 Å². The largest absolute Gasteiger partial charge is 0.496 e. The van der Waals surface area contributed by atoms with Gasteiger partial charge in [-0.05, 0) is 35.9 Å². The Kier molecular flexibility index (Phi) is 5.21. The minimum Gasteiger partial charge on any atom is -0.496 e. The van der Waals surface area contributed by atoms with Gasteiger partial charge in [0.05, 0.1) is 19.8 Å². The second-order valence-corrected chi connectivity index (χ2v) is 5.54. The summed E-state index contributed by atoms with van der Waals surface area (Å²) in [6.07, 6.45) is 1.56. The van der Waals surface area contributed by atoms with E-state index in [1.165, 1.54) is 21.1 Å². The molecule has 0 bridgehead atoms. The maximum absolute atomic E-state index is 12.2. The number of ether oxygens (including phenoxy) is 4. The first-order chi connectivity index (χ1) is 13.0. The van der Waals surface area contributed by atoms with Crippen LogP contribution in [0.4, 0.5) is 0 Å². The van der Waals surface area contributed by atoms with Crippen LogP contribution in [0.3, 0.4) is 0 Å². The zero-order valence-corrected chi connectivity index (χ0v) is 15.0. The summed E-state index contributed by atoms with van der Waals surface area (Å²) < 4.78 is 20.8. The Morgan fingerprint density at radius 3 is 2.48 bits per heavy atom. The van der Waals surface area contributed by atoms with Crippen LogP contribution in [-0.2, 0) is 14.3 Å². The highest BCUT2D eigenvalue weighted by Gasteiger charge is 2.26. The lowest BCUT2D eigenvalue weighted by Gasteiger charge is -2.08. The highest BCUT2D eigenvalue weighted by molar-refractivity contribution is 6.13. The van der Waals surface area contributed by atoms with Crippen molar-refractivity contribution in [2.24, 2.45) is 4.99 Å². The summed E-state index contributed by atoms with van der Waals surface area (Å²) in [6.45, 7) is 1.30. The molecule has 2 aromatic carbocycles. The van der Waals surface area contributed by atoms with E-state index >= 15 is 0 Å². The summed E-state index contributed by atoms with van der Waals surface area (Å²) >= 11 is 0. The molecular weight excluding hydrogens is 350 g/mol. The molecule has 2 aromatic rings. The molecule has 0 aromatic heterocycles. The van der Waals surface area contributed by atoms with Crippen molar-refractivity contribution in [3.05, 3.63) is 59.3 Å². The van der Waals surface area contributed by atoms with E-state index < -0.39 is 11.9 Å². The van der Waals surface area contributed by atoms with Gasteiger partial charge in [0.2, 0.25) is 5.90 Å². The number of benzene rings is 2. The van der Waals surface area contributed by atoms with Crippen LogP contribution in [0.2, 0.25) is 0 Å². The highest BCUT2D eigenvalue weighted by atomic mass is 16.6. The third kappa shape index (κ3) is 3.98. The second kappa shape index (κ2) is 7.74. The molecule has 0 aliphatic carbocycles. The lowest BCUT2D eigenvalue weighted by molar-refractivity contribution is -0.132. The van der Waals surface area contributed by atoms with Crippen molar-refractivity contribution >= 4 is 23.9 Å². The minimum atomic E-state index is -0.570. The number of rotatable bonds is 5. The van der Waals surface area contributed by atoms with Crippen molar-refractivity contribution in [1.82, 2.24) is 0 Å². The van der Waals surface area contributed by atoms with Crippen molar-refractivity contribution in [2.45, 2.75) is 6.92 Å². The third-order valence-corrected chi connectivity index (χ3v) is 3.70. The van der Waals surface area contributed by atoms with E-state index in [0.717, 1.165) is 0 Å². The predicted octanol–water partition coefficient (Wildman–Crippen LogP) is 2.97. The minimum absolute atomic E-state index is 0.137. The number of carbonyl (C=O) groups excluding carboxylic acids is 2. The van der Waals surface area contributed by atoms with E-state index in [1.54, 1.807) is 42.5 Å². The molecule has 27 heavy (non-hydrogen) atoms. The number of nitrogens with zero attached hydrogens (tertiary/aromatic N) is 1. The van der Waals surface area contributed by atoms with Gasteiger partial charge in [-0.15, -0.1) is 0 Å². The fourth-order valence-corrected chi connectivity index (χ4v) is 2.52. The molecule has 7 heteroatoms. The molecule has 7 nitrogen and oxygen atoms in total. The van der Waals surface area contributed by atoms with Gasteiger partial charge in [-0.2, -0.15) is 0 Å². The SMILES string of the molecule is COc1cc(/C=C2\N=C(c3ccccc3OC)OC2=O)ccc1OC(C)=O. The molecule has 0 N–H and O–H groups in total. The van der Waals surface area contributed by atoms with E-state index in [0.29, 0.717) is 28.4 Å². The van der Waals surface area contributed by atoms with Gasteiger partial charge in [-0.3, -0.25) is 4.79 Å².